The maximum atomic E-state index is 11.7. The van der Waals surface area contributed by atoms with E-state index in [0.717, 1.165) is 6.92 Å². The molecule has 0 aromatic heterocycles. The fourth-order valence-electron chi connectivity index (χ4n) is 2.43. The molecule has 10 heteroatoms. The van der Waals surface area contributed by atoms with Crippen molar-refractivity contribution in [2.75, 3.05) is 6.61 Å². The fraction of sp³-hybridized carbons (Fsp3) is 0.636. The lowest BCUT2D eigenvalue weighted by molar-refractivity contribution is -0.159. The number of nitrogens with zero attached hydrogens (tertiary/aromatic N) is 1. The van der Waals surface area contributed by atoms with E-state index >= 15 is 0 Å². The number of aliphatic carboxylic acids is 1. The number of alkyl carbamates (subject to hydrolysis) is 1. The molecule has 0 saturated carbocycles. The van der Waals surface area contributed by atoms with Crippen molar-refractivity contribution in [1.29, 1.82) is 0 Å². The van der Waals surface area contributed by atoms with E-state index in [4.69, 9.17) is 10.5 Å². The van der Waals surface area contributed by atoms with Crippen LogP contribution < -0.4 is 11.1 Å². The summed E-state index contributed by atoms with van der Waals surface area (Å²) in [5.41, 5.74) is 5.64. The molecule has 2 fully saturated rings. The summed E-state index contributed by atoms with van der Waals surface area (Å²) < 4.78 is 3.85. The number of carbonyl (C=O) groups is 4. The highest BCUT2D eigenvalue weighted by Gasteiger charge is 2.64. The number of β-lactam (4-membered cyclic amide) rings is 1. The Morgan fingerprint density at radius 1 is 1.52 bits per heavy atom. The molecule has 0 radical (unpaired) electrons. The van der Waals surface area contributed by atoms with Crippen molar-refractivity contribution in [1.82, 2.24) is 10.2 Å². The van der Waals surface area contributed by atoms with Gasteiger partial charge in [0.05, 0.1) is 4.75 Å². The number of carbonyl (C=O) groups excluding carboxylic acids is 3. The zero-order valence-corrected chi connectivity index (χ0v) is 12.2. The van der Waals surface area contributed by atoms with E-state index in [0.29, 0.717) is 0 Å². The third-order valence-electron chi connectivity index (χ3n) is 3.37. The number of hydrogen-bond acceptors (Lipinski definition) is 7. The number of thioether (sulfide) groups is 1. The third-order valence-corrected chi connectivity index (χ3v) is 5.01. The number of nitrogens with two attached hydrogens (primary N) is 1. The van der Waals surface area contributed by atoms with Crippen molar-refractivity contribution in [2.24, 2.45) is 5.73 Å². The normalized spacial score (nSPS) is 34.0. The van der Waals surface area contributed by atoms with Gasteiger partial charge in [-0.25, -0.2) is 9.59 Å². The second-order valence-corrected chi connectivity index (χ2v) is 6.74. The summed E-state index contributed by atoms with van der Waals surface area (Å²) in [7, 11) is 0. The van der Waals surface area contributed by atoms with Crippen molar-refractivity contribution in [3.63, 3.8) is 0 Å². The van der Waals surface area contributed by atoms with Crippen LogP contribution in [0.5, 0.6) is 0 Å². The Morgan fingerprint density at radius 2 is 2.14 bits per heavy atom. The lowest BCUT2D eigenvalue weighted by atomic mass is 9.95. The number of ether oxygens (including phenoxy) is 1. The van der Waals surface area contributed by atoms with Gasteiger partial charge in [0.2, 0.25) is 11.8 Å². The minimum atomic E-state index is -1.19. The zero-order valence-electron chi connectivity index (χ0n) is 11.4. The highest BCUT2D eigenvalue weighted by atomic mass is 32.2. The third kappa shape index (κ3) is 2.56. The van der Waals surface area contributed by atoms with E-state index in [1.54, 1.807) is 6.92 Å². The standard InChI is InChI=1S/C11H15N3O6S/c1-4(15)13-10(19)20-3-11(2)6(9(17)18)14-7(16)5(12)8(14)21-11/h5-6,8H,3,12H2,1-2H3,(H,17,18)(H,13,15,19)/t5-,6+,8-,11+/m1/s1. The van der Waals surface area contributed by atoms with Gasteiger partial charge in [-0.3, -0.25) is 14.9 Å². The number of fused-ring (bicyclic) bond motifs is 1. The van der Waals surface area contributed by atoms with E-state index in [1.807, 2.05) is 5.32 Å². The first kappa shape index (κ1) is 15.6. The van der Waals surface area contributed by atoms with Crippen molar-refractivity contribution < 1.29 is 29.0 Å². The van der Waals surface area contributed by atoms with Crippen LogP contribution in [0.25, 0.3) is 0 Å². The summed E-state index contributed by atoms with van der Waals surface area (Å²) in [6.07, 6.45) is -0.960. The fourth-order valence-corrected chi connectivity index (χ4v) is 4.06. The summed E-state index contributed by atoms with van der Waals surface area (Å²) in [4.78, 5) is 46.4. The molecule has 0 bridgehead atoms. The maximum Gasteiger partial charge on any atom is 0.413 e. The van der Waals surface area contributed by atoms with Gasteiger partial charge in [0.15, 0.2) is 0 Å². The molecule has 0 spiro atoms. The lowest BCUT2D eigenvalue weighted by Gasteiger charge is -2.41. The summed E-state index contributed by atoms with van der Waals surface area (Å²) in [6, 6.07) is -1.88. The van der Waals surface area contributed by atoms with E-state index in [9.17, 15) is 24.3 Å². The molecule has 116 valence electrons. The first-order valence-corrected chi connectivity index (χ1v) is 6.98. The van der Waals surface area contributed by atoms with Gasteiger partial charge in [-0.05, 0) is 6.92 Å². The Morgan fingerprint density at radius 3 is 2.67 bits per heavy atom. The van der Waals surface area contributed by atoms with Crippen molar-refractivity contribution in [3.8, 4) is 0 Å². The van der Waals surface area contributed by atoms with Crippen LogP contribution in [-0.4, -0.2) is 62.7 Å². The average molecular weight is 317 g/mol. The maximum absolute atomic E-state index is 11.7. The molecule has 2 heterocycles. The van der Waals surface area contributed by atoms with Crippen molar-refractivity contribution >= 4 is 35.6 Å². The summed E-state index contributed by atoms with van der Waals surface area (Å²) in [6.45, 7) is 2.47. The molecule has 2 aliphatic rings. The van der Waals surface area contributed by atoms with E-state index in [1.165, 1.54) is 16.7 Å². The molecule has 0 aromatic rings. The van der Waals surface area contributed by atoms with Gasteiger partial charge >= 0.3 is 12.1 Å². The molecule has 2 aliphatic heterocycles. The number of carboxylic acids is 1. The van der Waals surface area contributed by atoms with Crippen LogP contribution in [0, 0.1) is 0 Å². The monoisotopic (exact) mass is 317 g/mol. The molecule has 2 saturated heterocycles. The van der Waals surface area contributed by atoms with Crippen LogP contribution in [0.15, 0.2) is 0 Å². The van der Waals surface area contributed by atoms with Crippen LogP contribution in [-0.2, 0) is 19.1 Å². The molecule has 9 nitrogen and oxygen atoms in total. The van der Waals surface area contributed by atoms with Gasteiger partial charge < -0.3 is 20.5 Å². The number of amides is 3. The first-order valence-electron chi connectivity index (χ1n) is 6.10. The van der Waals surface area contributed by atoms with Gasteiger partial charge in [0.1, 0.15) is 24.1 Å². The molecule has 3 amide bonds. The summed E-state index contributed by atoms with van der Waals surface area (Å²) >= 11 is 1.18. The smallest absolute Gasteiger partial charge is 0.413 e. The van der Waals surface area contributed by atoms with Gasteiger partial charge in [0.25, 0.3) is 0 Å². The Bertz CT molecular complexity index is 526. The number of hydrogen-bond donors (Lipinski definition) is 3. The number of nitrogens with one attached hydrogen (secondary N) is 1. The van der Waals surface area contributed by atoms with E-state index in [-0.39, 0.29) is 6.61 Å². The molecule has 2 rings (SSSR count). The number of rotatable bonds is 3. The van der Waals surface area contributed by atoms with Crippen LogP contribution >= 0.6 is 11.8 Å². The molecule has 4 N–H and O–H groups in total. The molecule has 0 aliphatic carbocycles. The van der Waals surface area contributed by atoms with Gasteiger partial charge in [0, 0.05) is 6.92 Å². The SMILES string of the molecule is CC(=O)NC(=O)OC[C@]1(C)S[C@@H]2[C@H](N)C(=O)N2[C@H]1C(=O)O. The topological polar surface area (TPSA) is 139 Å². The van der Waals surface area contributed by atoms with Crippen LogP contribution in [0.4, 0.5) is 4.79 Å². The quantitative estimate of drug-likeness (QED) is 0.547. The summed E-state index contributed by atoms with van der Waals surface area (Å²) in [5, 5.41) is 10.8. The Kier molecular flexibility index (Phi) is 3.85. The average Bonchev–Trinajstić information content (AvgIpc) is 2.66. The second-order valence-electron chi connectivity index (χ2n) is 5.09. The Hall–Kier alpha value is -1.81. The summed E-state index contributed by atoms with van der Waals surface area (Å²) in [5.74, 6) is -2.21. The largest absolute Gasteiger partial charge is 0.480 e. The van der Waals surface area contributed by atoms with Crippen LogP contribution in [0.1, 0.15) is 13.8 Å². The number of carboxylic acid groups (broad SMARTS) is 1. The van der Waals surface area contributed by atoms with Crippen molar-refractivity contribution in [2.45, 2.75) is 36.1 Å². The molecule has 0 aromatic carbocycles. The van der Waals surface area contributed by atoms with E-state index in [2.05, 4.69) is 0 Å². The highest BCUT2D eigenvalue weighted by molar-refractivity contribution is 8.01. The molecule has 4 atom stereocenters. The van der Waals surface area contributed by atoms with Gasteiger partial charge in [-0.1, -0.05) is 0 Å². The van der Waals surface area contributed by atoms with E-state index < -0.39 is 46.1 Å². The van der Waals surface area contributed by atoms with Crippen LogP contribution in [0.2, 0.25) is 0 Å². The first-order chi connectivity index (χ1) is 9.67. The van der Waals surface area contributed by atoms with Gasteiger partial charge in [-0.15, -0.1) is 11.8 Å². The Labute approximate surface area is 124 Å². The van der Waals surface area contributed by atoms with Gasteiger partial charge in [-0.2, -0.15) is 0 Å². The molecular weight excluding hydrogens is 302 g/mol. The van der Waals surface area contributed by atoms with Crippen LogP contribution in [0.3, 0.4) is 0 Å². The Balaban J connectivity index is 2.09. The molecular formula is C11H15N3O6S. The lowest BCUT2D eigenvalue weighted by Crippen LogP contribution is -2.69. The number of imide groups is 1. The minimum Gasteiger partial charge on any atom is -0.480 e. The predicted octanol–water partition coefficient (Wildman–Crippen LogP) is -1.29. The second kappa shape index (κ2) is 5.19. The molecule has 0 unspecified atom stereocenters. The highest BCUT2D eigenvalue weighted by Crippen LogP contribution is 2.50. The predicted molar refractivity (Wildman–Crippen MR) is 71.2 cm³/mol. The molecule has 21 heavy (non-hydrogen) atoms. The van der Waals surface area contributed by atoms with Crippen molar-refractivity contribution in [3.05, 3.63) is 0 Å². The minimum absolute atomic E-state index is 0.263. The zero-order chi connectivity index (χ0) is 15.9.